The molecule has 0 aromatic heterocycles. The third-order valence-electron chi connectivity index (χ3n) is 19.1. The highest BCUT2D eigenvalue weighted by atomic mass is 14.4. The third-order valence-corrected chi connectivity index (χ3v) is 19.1. The van der Waals surface area contributed by atoms with Crippen LogP contribution in [0.25, 0.3) is 44.5 Å². The molecule has 0 radical (unpaired) electrons. The first kappa shape index (κ1) is 65.3. The van der Waals surface area contributed by atoms with Gasteiger partial charge in [0.05, 0.1) is 0 Å². The summed E-state index contributed by atoms with van der Waals surface area (Å²) in [5, 5.41) is 0. The van der Waals surface area contributed by atoms with Gasteiger partial charge in [-0.2, -0.15) is 0 Å². The Morgan fingerprint density at radius 3 is 0.578 bits per heavy atom. The molecule has 2 aromatic rings. The van der Waals surface area contributed by atoms with E-state index in [2.05, 4.69) is 360 Å². The lowest BCUT2D eigenvalue weighted by Gasteiger charge is -2.20. The molecule has 2 aromatic carbocycles. The third kappa shape index (κ3) is 13.3. The summed E-state index contributed by atoms with van der Waals surface area (Å²) in [6, 6.07) is 66.4. The van der Waals surface area contributed by atoms with Gasteiger partial charge in [0.2, 0.25) is 0 Å². The fourth-order valence-corrected chi connectivity index (χ4v) is 13.7. The summed E-state index contributed by atoms with van der Waals surface area (Å²) in [5.74, 6) is 13.4. The van der Waals surface area contributed by atoms with Crippen molar-refractivity contribution in [3.63, 3.8) is 0 Å². The number of hydrogen-bond acceptors (Lipinski definition) is 0. The van der Waals surface area contributed by atoms with Crippen LogP contribution in [0, 0.1) is 23.7 Å². The molecule has 0 nitrogen and oxygen atoms in total. The van der Waals surface area contributed by atoms with Crippen molar-refractivity contribution in [2.75, 3.05) is 0 Å². The monoisotopic (exact) mass is 1180 g/mol. The summed E-state index contributed by atoms with van der Waals surface area (Å²) in [5.41, 5.74) is 30.8. The van der Waals surface area contributed by atoms with Gasteiger partial charge in [-0.15, -0.1) is 0 Å². The van der Waals surface area contributed by atoms with Crippen LogP contribution in [-0.2, 0) is 43.3 Å². The van der Waals surface area contributed by atoms with Gasteiger partial charge in [-0.05, 0) is 202 Å². The lowest BCUT2D eigenvalue weighted by atomic mass is 9.82. The summed E-state index contributed by atoms with van der Waals surface area (Å²) in [6.45, 7) is 56.1. The van der Waals surface area contributed by atoms with Crippen molar-refractivity contribution in [3.05, 3.63) is 259 Å². The second kappa shape index (κ2) is 23.2. The maximum Gasteiger partial charge on any atom is 0.0352 e. The first-order valence-corrected chi connectivity index (χ1v) is 33.2. The molecule has 0 saturated carbocycles. The van der Waals surface area contributed by atoms with Gasteiger partial charge < -0.3 is 0 Å². The van der Waals surface area contributed by atoms with Crippen LogP contribution in [0.5, 0.6) is 0 Å². The average Bonchev–Trinajstić information content (AvgIpc) is 1.60. The highest BCUT2D eigenvalue weighted by molar-refractivity contribution is 5.85. The lowest BCUT2D eigenvalue weighted by molar-refractivity contribution is 0.590. The van der Waals surface area contributed by atoms with Gasteiger partial charge in [0.15, 0.2) is 0 Å². The number of benzene rings is 2. The van der Waals surface area contributed by atoms with Gasteiger partial charge in [-0.3, -0.25) is 0 Å². The molecule has 0 N–H and O–H groups in total. The van der Waals surface area contributed by atoms with E-state index in [4.69, 9.17) is 0 Å². The molecule has 90 heavy (non-hydrogen) atoms. The Balaban J connectivity index is 1.07. The Morgan fingerprint density at radius 2 is 0.400 bits per heavy atom. The van der Waals surface area contributed by atoms with E-state index in [-0.39, 0.29) is 55.2 Å². The molecule has 0 unspecified atom stereocenters. The van der Waals surface area contributed by atoms with Crippen LogP contribution >= 0.6 is 0 Å². The molecule has 0 amide bonds. The van der Waals surface area contributed by atoms with E-state index in [1.54, 1.807) is 0 Å². The van der Waals surface area contributed by atoms with Crippen LogP contribution in [0.15, 0.2) is 170 Å². The molecule has 0 spiro atoms. The maximum atomic E-state index is 3.46. The van der Waals surface area contributed by atoms with E-state index in [0.717, 1.165) is 11.1 Å². The quantitative estimate of drug-likeness (QED) is 0.146. The first-order valence-electron chi connectivity index (χ1n) is 33.2. The van der Waals surface area contributed by atoms with Crippen LogP contribution in [0.2, 0.25) is 0 Å². The van der Waals surface area contributed by atoms with Crippen LogP contribution in [0.3, 0.4) is 0 Å². The molecular formula is C90H102. The van der Waals surface area contributed by atoms with E-state index < -0.39 is 0 Å². The van der Waals surface area contributed by atoms with Crippen LogP contribution in [-0.4, -0.2) is 0 Å². The zero-order valence-electron chi connectivity index (χ0n) is 59.3. The van der Waals surface area contributed by atoms with Gasteiger partial charge in [0.1, 0.15) is 0 Å². The second-order valence-electron chi connectivity index (χ2n) is 34.5. The van der Waals surface area contributed by atoms with Crippen LogP contribution in [0.4, 0.5) is 0 Å². The van der Waals surface area contributed by atoms with Gasteiger partial charge in [0.25, 0.3) is 0 Å². The average molecular weight is 1180 g/mol. The summed E-state index contributed by atoms with van der Waals surface area (Å²) in [6.07, 6.45) is 0. The Hall–Kier alpha value is -7.64. The molecule has 8 aliphatic rings. The van der Waals surface area contributed by atoms with E-state index in [0.29, 0.717) is 0 Å². The minimum absolute atomic E-state index is 0.0106. The normalized spacial score (nSPS) is 13.1. The van der Waals surface area contributed by atoms with Crippen molar-refractivity contribution >= 4 is 0 Å². The summed E-state index contributed by atoms with van der Waals surface area (Å²) < 4.78 is 0. The van der Waals surface area contributed by atoms with Crippen molar-refractivity contribution in [2.45, 2.75) is 221 Å². The minimum atomic E-state index is -0.0722. The Kier molecular flexibility index (Phi) is 16.9. The first-order chi connectivity index (χ1) is 41.7. The number of hydrogen-bond donors (Lipinski definition) is 0. The van der Waals surface area contributed by atoms with Crippen molar-refractivity contribution in [2.24, 2.45) is 0 Å². The highest BCUT2D eigenvalue weighted by Crippen LogP contribution is 2.53. The summed E-state index contributed by atoms with van der Waals surface area (Å²) in [7, 11) is 0. The molecular weight excluding hydrogens is 1080 g/mol. The molecule has 0 atom stereocenters. The fraction of sp³-hybridized carbons (Fsp3) is 0.378. The van der Waals surface area contributed by atoms with Crippen LogP contribution in [0.1, 0.15) is 267 Å². The minimum Gasteiger partial charge on any atom is -0.0579 e. The molecule has 0 heteroatoms. The molecule has 0 saturated heterocycles. The molecule has 0 heterocycles. The number of rotatable bonds is 6. The lowest BCUT2D eigenvalue weighted by Crippen LogP contribution is -2.11. The van der Waals surface area contributed by atoms with E-state index in [1.807, 2.05) is 0 Å². The second-order valence-corrected chi connectivity index (χ2v) is 34.5. The zero-order valence-corrected chi connectivity index (χ0v) is 59.3. The topological polar surface area (TPSA) is 0 Å². The zero-order chi connectivity index (χ0) is 65.6. The van der Waals surface area contributed by atoms with Gasteiger partial charge in [-0.1, -0.05) is 324 Å². The van der Waals surface area contributed by atoms with Crippen molar-refractivity contribution in [1.29, 1.82) is 0 Å². The molecule has 10 rings (SSSR count). The Labute approximate surface area is 545 Å². The molecule has 0 aliphatic heterocycles. The summed E-state index contributed by atoms with van der Waals surface area (Å²) in [4.78, 5) is 0. The van der Waals surface area contributed by atoms with E-state index >= 15 is 0 Å². The standard InChI is InChI=1S/C90H102/c1-83(2,3)61-37-45-65-69(49-41-61)77(87(13,14)15)53-73(65)81(74-54-78(88(16,17)18)70-50-42-62(84(4,5)6)38-46-66(70)74)59-33-29-57(30-34-59)27-25-26-28-58-31-35-60(36-32-58)82(75-55-79(89(19,20)21)71-51-43-63(85(7,8)9)39-47-67(71)75)76-56-80(90(22,23)24)72-52-44-64(86(10,11)12)40-48-68(72)76/h29-56,81-82H,1-24H3. The fourth-order valence-electron chi connectivity index (χ4n) is 13.7. The SMILES string of the molecule is CC(C)(C)c1ccc2c(C(c3ccc(C#CC#Cc4ccc(C(c5cc(C(C)(C)C)c6ccc(C(C)(C)C)ccc5-6)c5cc(C(C)(C)C)c6ccc(C(C)(C)C)ccc5-6)cc4)cc3)c3cc(C(C)(C)C)c4ccc(C(C)(C)C)ccc3-4)cc(C(C)(C)C)c-2cc1. The van der Waals surface area contributed by atoms with E-state index in [9.17, 15) is 0 Å². The number of fused-ring (bicyclic) bond motifs is 4. The Bertz CT molecular complexity index is 3770. The largest absolute Gasteiger partial charge is 0.0579 e. The molecule has 0 bridgehead atoms. The van der Waals surface area contributed by atoms with Crippen molar-refractivity contribution in [3.8, 4) is 68.2 Å². The van der Waals surface area contributed by atoms with E-state index in [1.165, 1.54) is 122 Å². The molecule has 462 valence electrons. The van der Waals surface area contributed by atoms with Gasteiger partial charge >= 0.3 is 0 Å². The Morgan fingerprint density at radius 1 is 0.211 bits per heavy atom. The highest BCUT2D eigenvalue weighted by Gasteiger charge is 2.37. The molecule has 8 aliphatic carbocycles. The predicted molar refractivity (Wildman–Crippen MR) is 390 cm³/mol. The smallest absolute Gasteiger partial charge is 0.0352 e. The van der Waals surface area contributed by atoms with Crippen molar-refractivity contribution in [1.82, 2.24) is 0 Å². The predicted octanol–water partition coefficient (Wildman–Crippen LogP) is 24.2. The summed E-state index contributed by atoms with van der Waals surface area (Å²) >= 11 is 0. The van der Waals surface area contributed by atoms with Crippen molar-refractivity contribution < 1.29 is 0 Å². The van der Waals surface area contributed by atoms with Gasteiger partial charge in [0, 0.05) is 23.0 Å². The maximum absolute atomic E-state index is 3.46. The molecule has 0 fully saturated rings. The van der Waals surface area contributed by atoms with Gasteiger partial charge in [-0.25, -0.2) is 0 Å². The van der Waals surface area contributed by atoms with Crippen LogP contribution < -0.4 is 0 Å².